The quantitative estimate of drug-likeness (QED) is 0.773. The molecule has 0 aromatic heterocycles. The second-order valence-electron chi connectivity index (χ2n) is 7.23. The number of benzene rings is 1. The summed E-state index contributed by atoms with van der Waals surface area (Å²) >= 11 is 0. The van der Waals surface area contributed by atoms with Gasteiger partial charge in [0, 0.05) is 18.6 Å². The molecule has 0 spiro atoms. The summed E-state index contributed by atoms with van der Waals surface area (Å²) in [6, 6.07) is 8.54. The van der Waals surface area contributed by atoms with Crippen LogP contribution in [0.3, 0.4) is 0 Å². The van der Waals surface area contributed by atoms with Gasteiger partial charge in [0.2, 0.25) is 0 Å². The molecule has 1 aliphatic carbocycles. The van der Waals surface area contributed by atoms with Crippen LogP contribution >= 0.6 is 0 Å². The summed E-state index contributed by atoms with van der Waals surface area (Å²) < 4.78 is 0. The predicted octanol–water partition coefficient (Wildman–Crippen LogP) is 4.95. The molecule has 2 rings (SSSR count). The molecule has 3 nitrogen and oxygen atoms in total. The predicted molar refractivity (Wildman–Crippen MR) is 94.7 cm³/mol. The van der Waals surface area contributed by atoms with Crippen LogP contribution in [0.25, 0.3) is 0 Å². The molecular weight excluding hydrogens is 286 g/mol. The first-order chi connectivity index (χ1) is 11.0. The lowest BCUT2D eigenvalue weighted by Gasteiger charge is -2.39. The Kier molecular flexibility index (Phi) is 6.64. The maximum Gasteiger partial charge on any atom is 0.335 e. The molecule has 0 aliphatic heterocycles. The Morgan fingerprint density at radius 1 is 1.17 bits per heavy atom. The molecule has 0 radical (unpaired) electrons. The number of rotatable bonds is 7. The van der Waals surface area contributed by atoms with E-state index < -0.39 is 5.97 Å². The maximum absolute atomic E-state index is 11.0. The first-order valence-corrected chi connectivity index (χ1v) is 9.09. The van der Waals surface area contributed by atoms with Gasteiger partial charge in [0.15, 0.2) is 0 Å². The van der Waals surface area contributed by atoms with E-state index in [1.807, 2.05) is 12.1 Å². The van der Waals surface area contributed by atoms with Crippen molar-refractivity contribution in [1.29, 1.82) is 0 Å². The molecule has 1 saturated carbocycles. The number of carboxylic acid groups (broad SMARTS) is 1. The van der Waals surface area contributed by atoms with Gasteiger partial charge in [0.05, 0.1) is 5.56 Å². The van der Waals surface area contributed by atoms with Crippen LogP contribution in [-0.4, -0.2) is 28.1 Å². The Bertz CT molecular complexity index is 487. The number of nitrogens with zero attached hydrogens (tertiary/aromatic N) is 1. The topological polar surface area (TPSA) is 40.5 Å². The summed E-state index contributed by atoms with van der Waals surface area (Å²) in [5.74, 6) is 0.0756. The number of aromatic carboxylic acids is 1. The normalized spacial score (nSPS) is 21.8. The fraction of sp³-hybridized carbons (Fsp3) is 0.650. The summed E-state index contributed by atoms with van der Waals surface area (Å²) in [5, 5.41) is 9.01. The van der Waals surface area contributed by atoms with Gasteiger partial charge in [0.25, 0.3) is 0 Å². The summed E-state index contributed by atoms with van der Waals surface area (Å²) in [7, 11) is 0. The molecule has 0 unspecified atom stereocenters. The molecule has 128 valence electrons. The van der Waals surface area contributed by atoms with E-state index in [0.29, 0.717) is 17.6 Å². The third-order valence-corrected chi connectivity index (χ3v) is 5.21. The number of hydrogen-bond acceptors (Lipinski definition) is 2. The Morgan fingerprint density at radius 3 is 2.26 bits per heavy atom. The van der Waals surface area contributed by atoms with Gasteiger partial charge in [-0.3, -0.25) is 4.90 Å². The third-order valence-electron chi connectivity index (χ3n) is 5.21. The molecule has 0 bridgehead atoms. The lowest BCUT2D eigenvalue weighted by atomic mass is 9.82. The standard InChI is InChI=1S/C20H31NO2/c1-4-5-16-8-12-19(13-9-16)21(15(2)3)14-17-6-10-18(11-7-17)20(22)23/h6-7,10-11,15-16,19H,4-5,8-9,12-14H2,1-3H3,(H,22,23). The second-order valence-corrected chi connectivity index (χ2v) is 7.23. The van der Waals surface area contributed by atoms with Crippen LogP contribution in [0.5, 0.6) is 0 Å². The summed E-state index contributed by atoms with van der Waals surface area (Å²) in [6.07, 6.45) is 8.01. The average Bonchev–Trinajstić information content (AvgIpc) is 2.54. The first-order valence-electron chi connectivity index (χ1n) is 9.09. The molecule has 3 heteroatoms. The van der Waals surface area contributed by atoms with Crippen LogP contribution in [-0.2, 0) is 6.54 Å². The first kappa shape index (κ1) is 18.0. The highest BCUT2D eigenvalue weighted by Crippen LogP contribution is 2.32. The van der Waals surface area contributed by atoms with Gasteiger partial charge < -0.3 is 5.11 Å². The van der Waals surface area contributed by atoms with Crippen molar-refractivity contribution in [3.8, 4) is 0 Å². The molecule has 1 aromatic rings. The monoisotopic (exact) mass is 317 g/mol. The average molecular weight is 317 g/mol. The number of hydrogen-bond donors (Lipinski definition) is 1. The molecule has 1 fully saturated rings. The molecule has 0 heterocycles. The van der Waals surface area contributed by atoms with Crippen LogP contribution in [0.15, 0.2) is 24.3 Å². The summed E-state index contributed by atoms with van der Waals surface area (Å²) in [5.41, 5.74) is 1.57. The van der Waals surface area contributed by atoms with Gasteiger partial charge in [0.1, 0.15) is 0 Å². The number of carboxylic acids is 1. The van der Waals surface area contributed by atoms with E-state index in [0.717, 1.165) is 12.5 Å². The Labute approximate surface area is 140 Å². The van der Waals surface area contributed by atoms with Crippen molar-refractivity contribution in [2.75, 3.05) is 0 Å². The van der Waals surface area contributed by atoms with Crippen molar-refractivity contribution < 1.29 is 9.90 Å². The zero-order valence-electron chi connectivity index (χ0n) is 14.8. The zero-order valence-corrected chi connectivity index (χ0v) is 14.8. The fourth-order valence-corrected chi connectivity index (χ4v) is 3.87. The van der Waals surface area contributed by atoms with Gasteiger partial charge in [-0.1, -0.05) is 31.9 Å². The van der Waals surface area contributed by atoms with Gasteiger partial charge in [-0.15, -0.1) is 0 Å². The van der Waals surface area contributed by atoms with Crippen LogP contribution in [0, 0.1) is 5.92 Å². The van der Waals surface area contributed by atoms with Crippen LogP contribution in [0.1, 0.15) is 75.2 Å². The smallest absolute Gasteiger partial charge is 0.335 e. The van der Waals surface area contributed by atoms with Gasteiger partial charge in [-0.2, -0.15) is 0 Å². The van der Waals surface area contributed by atoms with E-state index in [4.69, 9.17) is 5.11 Å². The van der Waals surface area contributed by atoms with E-state index in [1.54, 1.807) is 12.1 Å². The van der Waals surface area contributed by atoms with Gasteiger partial charge in [-0.25, -0.2) is 4.79 Å². The number of carbonyl (C=O) groups is 1. The van der Waals surface area contributed by atoms with Crippen molar-refractivity contribution in [2.45, 2.75) is 77.9 Å². The molecule has 0 saturated heterocycles. The summed E-state index contributed by atoms with van der Waals surface area (Å²) in [6.45, 7) is 7.74. The van der Waals surface area contributed by atoms with Crippen molar-refractivity contribution in [3.05, 3.63) is 35.4 Å². The maximum atomic E-state index is 11.0. The van der Waals surface area contributed by atoms with Crippen molar-refractivity contribution >= 4 is 5.97 Å². The van der Waals surface area contributed by atoms with Crippen LogP contribution in [0.4, 0.5) is 0 Å². The minimum Gasteiger partial charge on any atom is -0.478 e. The van der Waals surface area contributed by atoms with Crippen LogP contribution in [0.2, 0.25) is 0 Å². The largest absolute Gasteiger partial charge is 0.478 e. The van der Waals surface area contributed by atoms with Crippen molar-refractivity contribution in [2.24, 2.45) is 5.92 Å². The highest BCUT2D eigenvalue weighted by atomic mass is 16.4. The lowest BCUT2D eigenvalue weighted by Crippen LogP contribution is -2.42. The fourth-order valence-electron chi connectivity index (χ4n) is 3.87. The van der Waals surface area contributed by atoms with E-state index in [-0.39, 0.29) is 0 Å². The molecule has 1 aromatic carbocycles. The molecule has 23 heavy (non-hydrogen) atoms. The Balaban J connectivity index is 1.98. The lowest BCUT2D eigenvalue weighted by molar-refractivity contribution is 0.0696. The highest BCUT2D eigenvalue weighted by Gasteiger charge is 2.27. The Hall–Kier alpha value is -1.35. The van der Waals surface area contributed by atoms with E-state index in [1.165, 1.54) is 44.1 Å². The Morgan fingerprint density at radius 2 is 1.78 bits per heavy atom. The molecule has 0 atom stereocenters. The SMILES string of the molecule is CCCC1CCC(N(Cc2ccc(C(=O)O)cc2)C(C)C)CC1. The van der Waals surface area contributed by atoms with E-state index in [2.05, 4.69) is 25.7 Å². The van der Waals surface area contributed by atoms with Crippen molar-refractivity contribution in [3.63, 3.8) is 0 Å². The molecule has 1 aliphatic rings. The second kappa shape index (κ2) is 8.49. The van der Waals surface area contributed by atoms with Gasteiger partial charge >= 0.3 is 5.97 Å². The highest BCUT2D eigenvalue weighted by molar-refractivity contribution is 5.87. The molecule has 0 amide bonds. The minimum absolute atomic E-state index is 0.366. The molecular formula is C20H31NO2. The van der Waals surface area contributed by atoms with Gasteiger partial charge in [-0.05, 0) is 63.1 Å². The van der Waals surface area contributed by atoms with E-state index >= 15 is 0 Å². The minimum atomic E-state index is -0.855. The van der Waals surface area contributed by atoms with Crippen molar-refractivity contribution in [1.82, 2.24) is 4.90 Å². The zero-order chi connectivity index (χ0) is 16.8. The molecule has 1 N–H and O–H groups in total. The summed E-state index contributed by atoms with van der Waals surface area (Å²) in [4.78, 5) is 13.6. The van der Waals surface area contributed by atoms with E-state index in [9.17, 15) is 4.79 Å². The van der Waals surface area contributed by atoms with Crippen LogP contribution < -0.4 is 0 Å². The third kappa shape index (κ3) is 5.07.